The lowest BCUT2D eigenvalue weighted by Gasteiger charge is -2.11. The normalized spacial score (nSPS) is 11.5. The number of sulfonamides is 1. The van der Waals surface area contributed by atoms with Crippen LogP contribution in [0.5, 0.6) is 5.75 Å². The van der Waals surface area contributed by atoms with Gasteiger partial charge >= 0.3 is 4.87 Å². The molecule has 26 heavy (non-hydrogen) atoms. The van der Waals surface area contributed by atoms with Crippen LogP contribution in [0.2, 0.25) is 5.02 Å². The van der Waals surface area contributed by atoms with Crippen LogP contribution in [0.4, 0.5) is 4.39 Å². The smallest absolute Gasteiger partial charge is 0.312 e. The molecule has 1 aromatic heterocycles. The lowest BCUT2D eigenvalue weighted by atomic mass is 10.1. The van der Waals surface area contributed by atoms with Gasteiger partial charge in [-0.3, -0.25) is 9.36 Å². The fourth-order valence-corrected chi connectivity index (χ4v) is 3.98. The lowest BCUT2D eigenvalue weighted by molar-refractivity contribution is 0.415. The maximum absolute atomic E-state index is 14.2. The van der Waals surface area contributed by atoms with E-state index in [0.717, 1.165) is 23.5 Å². The van der Waals surface area contributed by atoms with E-state index in [4.69, 9.17) is 21.5 Å². The number of ether oxygens (including phenoxy) is 1. The average Bonchev–Trinajstić information content (AvgIpc) is 2.96. The molecule has 0 unspecified atom stereocenters. The first-order chi connectivity index (χ1) is 12.2. The summed E-state index contributed by atoms with van der Waals surface area (Å²) in [6.45, 7) is 0. The predicted molar refractivity (Wildman–Crippen MR) is 98.2 cm³/mol. The van der Waals surface area contributed by atoms with Crippen molar-refractivity contribution in [3.05, 3.63) is 62.3 Å². The highest BCUT2D eigenvalue weighted by atomic mass is 35.5. The zero-order valence-electron chi connectivity index (χ0n) is 13.3. The monoisotopic (exact) mass is 414 g/mol. The van der Waals surface area contributed by atoms with Crippen molar-refractivity contribution in [1.29, 1.82) is 0 Å². The number of hydrogen-bond donors (Lipinski definition) is 1. The molecule has 0 fully saturated rings. The second-order valence-electron chi connectivity index (χ2n) is 5.23. The zero-order chi connectivity index (χ0) is 19.1. The van der Waals surface area contributed by atoms with Gasteiger partial charge in [0.05, 0.1) is 23.5 Å². The van der Waals surface area contributed by atoms with E-state index in [0.29, 0.717) is 27.7 Å². The Bertz CT molecular complexity index is 1160. The minimum absolute atomic E-state index is 0.305. The van der Waals surface area contributed by atoms with Gasteiger partial charge in [-0.25, -0.2) is 17.9 Å². The van der Waals surface area contributed by atoms with Crippen molar-refractivity contribution in [3.63, 3.8) is 0 Å². The molecule has 1 heterocycles. The Balaban J connectivity index is 2.18. The molecule has 2 N–H and O–H groups in total. The number of thiazole rings is 1. The third-order valence-corrected chi connectivity index (χ3v) is 5.60. The van der Waals surface area contributed by atoms with Crippen molar-refractivity contribution in [1.82, 2.24) is 4.57 Å². The maximum Gasteiger partial charge on any atom is 0.312 e. The van der Waals surface area contributed by atoms with Crippen molar-refractivity contribution in [2.75, 3.05) is 7.11 Å². The van der Waals surface area contributed by atoms with Gasteiger partial charge in [0, 0.05) is 17.0 Å². The highest BCUT2D eigenvalue weighted by molar-refractivity contribution is 7.89. The molecule has 6 nitrogen and oxygen atoms in total. The first kappa shape index (κ1) is 18.6. The van der Waals surface area contributed by atoms with Crippen LogP contribution in [0.1, 0.15) is 0 Å². The Morgan fingerprint density at radius 3 is 2.58 bits per heavy atom. The summed E-state index contributed by atoms with van der Waals surface area (Å²) in [7, 11) is -2.73. The number of hydrogen-bond acceptors (Lipinski definition) is 5. The van der Waals surface area contributed by atoms with Gasteiger partial charge in [-0.2, -0.15) is 0 Å². The van der Waals surface area contributed by atoms with Gasteiger partial charge in [-0.15, -0.1) is 0 Å². The van der Waals surface area contributed by atoms with Gasteiger partial charge in [0.2, 0.25) is 10.0 Å². The molecule has 2 aromatic carbocycles. The molecular formula is C16H12ClFN2O4S2. The van der Waals surface area contributed by atoms with Gasteiger partial charge in [-0.05, 0) is 24.3 Å². The number of nitrogens with two attached hydrogens (primary N) is 1. The van der Waals surface area contributed by atoms with Gasteiger partial charge in [-0.1, -0.05) is 29.0 Å². The molecule has 10 heteroatoms. The molecule has 0 aliphatic heterocycles. The Morgan fingerprint density at radius 2 is 1.96 bits per heavy atom. The van der Waals surface area contributed by atoms with Crippen molar-refractivity contribution in [2.45, 2.75) is 4.90 Å². The number of aromatic nitrogens is 1. The van der Waals surface area contributed by atoms with Gasteiger partial charge in [0.15, 0.2) is 0 Å². The molecule has 0 aliphatic carbocycles. The maximum atomic E-state index is 14.2. The van der Waals surface area contributed by atoms with E-state index in [1.807, 2.05) is 0 Å². The summed E-state index contributed by atoms with van der Waals surface area (Å²) in [5.41, 5.74) is 1.19. The Kier molecular flexibility index (Phi) is 4.89. The second-order valence-corrected chi connectivity index (χ2v) is 7.99. The molecule has 0 saturated heterocycles. The van der Waals surface area contributed by atoms with E-state index < -0.39 is 20.7 Å². The fourth-order valence-electron chi connectivity index (χ4n) is 2.43. The topological polar surface area (TPSA) is 91.4 Å². The molecule has 0 amide bonds. The zero-order valence-corrected chi connectivity index (χ0v) is 15.7. The molecule has 0 spiro atoms. The summed E-state index contributed by atoms with van der Waals surface area (Å²) in [5, 5.41) is 6.90. The molecule has 0 atom stereocenters. The highest BCUT2D eigenvalue weighted by Crippen LogP contribution is 2.30. The lowest BCUT2D eigenvalue weighted by Crippen LogP contribution is -2.14. The second kappa shape index (κ2) is 6.84. The minimum Gasteiger partial charge on any atom is -0.495 e. The van der Waals surface area contributed by atoms with Gasteiger partial charge in [0.25, 0.3) is 0 Å². The first-order valence-corrected chi connectivity index (χ1v) is 9.90. The number of benzene rings is 2. The Labute approximate surface area is 157 Å². The summed E-state index contributed by atoms with van der Waals surface area (Å²) in [6, 6.07) is 8.24. The van der Waals surface area contributed by atoms with Crippen LogP contribution in [-0.2, 0) is 10.0 Å². The first-order valence-electron chi connectivity index (χ1n) is 7.09. The van der Waals surface area contributed by atoms with Crippen molar-refractivity contribution in [3.8, 4) is 22.7 Å². The number of nitrogens with zero attached hydrogens (tertiary/aromatic N) is 1. The van der Waals surface area contributed by atoms with E-state index in [1.165, 1.54) is 17.7 Å². The van der Waals surface area contributed by atoms with E-state index in [1.54, 1.807) is 23.6 Å². The van der Waals surface area contributed by atoms with Gasteiger partial charge in [0.1, 0.15) is 16.5 Å². The van der Waals surface area contributed by atoms with Crippen LogP contribution in [0, 0.1) is 5.82 Å². The summed E-state index contributed by atoms with van der Waals surface area (Å²) in [6.07, 6.45) is 0. The number of rotatable bonds is 4. The minimum atomic E-state index is -4.18. The highest BCUT2D eigenvalue weighted by Gasteiger charge is 2.18. The number of primary sulfonamides is 1. The molecule has 3 aromatic rings. The average molecular weight is 415 g/mol. The van der Waals surface area contributed by atoms with Crippen molar-refractivity contribution >= 4 is 33.0 Å². The molecule has 0 radical (unpaired) electrons. The Hall–Kier alpha value is -2.20. The summed E-state index contributed by atoms with van der Waals surface area (Å²) >= 11 is 6.93. The van der Waals surface area contributed by atoms with Crippen LogP contribution in [0.15, 0.2) is 51.5 Å². The molecule has 3 rings (SSSR count). The molecule has 0 saturated carbocycles. The van der Waals surface area contributed by atoms with E-state index >= 15 is 0 Å². The predicted octanol–water partition coefficient (Wildman–Crippen LogP) is 3.01. The van der Waals surface area contributed by atoms with E-state index in [9.17, 15) is 17.6 Å². The van der Waals surface area contributed by atoms with E-state index in [2.05, 4.69) is 0 Å². The van der Waals surface area contributed by atoms with Crippen LogP contribution in [0.3, 0.4) is 0 Å². The van der Waals surface area contributed by atoms with Crippen molar-refractivity contribution in [2.24, 2.45) is 5.14 Å². The van der Waals surface area contributed by atoms with E-state index in [-0.39, 0.29) is 4.87 Å². The van der Waals surface area contributed by atoms with Crippen LogP contribution in [0.25, 0.3) is 16.9 Å². The van der Waals surface area contributed by atoms with Crippen LogP contribution < -0.4 is 14.7 Å². The van der Waals surface area contributed by atoms with Crippen LogP contribution in [-0.4, -0.2) is 20.1 Å². The van der Waals surface area contributed by atoms with Crippen molar-refractivity contribution < 1.29 is 17.5 Å². The molecule has 0 bridgehead atoms. The quantitative estimate of drug-likeness (QED) is 0.710. The molecule has 0 aliphatic rings. The summed E-state index contributed by atoms with van der Waals surface area (Å²) < 4.78 is 43.4. The summed E-state index contributed by atoms with van der Waals surface area (Å²) in [5.74, 6) is -0.618. The third-order valence-electron chi connectivity index (χ3n) is 3.62. The molecule has 136 valence electrons. The van der Waals surface area contributed by atoms with Crippen LogP contribution >= 0.6 is 22.9 Å². The number of methoxy groups -OCH3 is 1. The van der Waals surface area contributed by atoms with Gasteiger partial charge < -0.3 is 4.74 Å². The fraction of sp³-hybridized carbons (Fsp3) is 0.0625. The molecular weight excluding hydrogens is 403 g/mol. The summed E-state index contributed by atoms with van der Waals surface area (Å²) in [4.78, 5) is 11.4. The SMILES string of the molecule is COc1cc(-n2c(-c3ccc(S(N)(=O)=O)c(F)c3)csc2=O)ccc1Cl. The Morgan fingerprint density at radius 1 is 1.23 bits per heavy atom. The largest absolute Gasteiger partial charge is 0.495 e. The third kappa shape index (κ3) is 3.38. The standard InChI is InChI=1S/C16H12ClFN2O4S2/c1-24-14-7-10(3-4-11(14)17)20-13(8-25-16(20)21)9-2-5-15(12(18)6-9)26(19,22)23/h2-8H,1H3,(H2,19,22,23). The number of halogens is 2.